The number of halogens is 5. The second-order valence-corrected chi connectivity index (χ2v) is 7.03. The van der Waals surface area contributed by atoms with Gasteiger partial charge in [0.15, 0.2) is 11.6 Å². The normalized spacial score (nSPS) is 11.7. The van der Waals surface area contributed by atoms with E-state index in [1.165, 1.54) is 53.1 Å². The molecule has 2 heterocycles. The van der Waals surface area contributed by atoms with E-state index in [1.807, 2.05) is 0 Å². The van der Waals surface area contributed by atoms with E-state index in [1.54, 1.807) is 0 Å². The lowest BCUT2D eigenvalue weighted by Gasteiger charge is -2.11. The SMILES string of the molecule is O=C(Nc1ccc(-c2c(C(F)(F)F)cc3cc(CO)ccn23)cc1)c1cccc(F)c1F. The van der Waals surface area contributed by atoms with Gasteiger partial charge in [0.1, 0.15) is 0 Å². The van der Waals surface area contributed by atoms with E-state index < -0.39 is 34.8 Å². The van der Waals surface area contributed by atoms with Crippen LogP contribution in [0.5, 0.6) is 0 Å². The molecule has 0 bridgehead atoms. The maximum Gasteiger partial charge on any atom is 0.418 e. The largest absolute Gasteiger partial charge is 0.418 e. The third kappa shape index (κ3) is 3.94. The van der Waals surface area contributed by atoms with Gasteiger partial charge in [0.25, 0.3) is 5.91 Å². The summed E-state index contributed by atoms with van der Waals surface area (Å²) < 4.78 is 69.5. The minimum atomic E-state index is -4.62. The highest BCUT2D eigenvalue weighted by atomic mass is 19.4. The van der Waals surface area contributed by atoms with E-state index in [0.29, 0.717) is 5.56 Å². The van der Waals surface area contributed by atoms with Crippen molar-refractivity contribution in [2.75, 3.05) is 5.32 Å². The monoisotopic (exact) mass is 446 g/mol. The minimum Gasteiger partial charge on any atom is -0.392 e. The van der Waals surface area contributed by atoms with Crippen molar-refractivity contribution in [2.24, 2.45) is 0 Å². The van der Waals surface area contributed by atoms with Crippen LogP contribution in [-0.4, -0.2) is 15.4 Å². The van der Waals surface area contributed by atoms with Gasteiger partial charge >= 0.3 is 6.18 Å². The second-order valence-electron chi connectivity index (χ2n) is 7.03. The Bertz CT molecular complexity index is 1310. The molecule has 0 spiro atoms. The van der Waals surface area contributed by atoms with E-state index in [9.17, 15) is 31.9 Å². The van der Waals surface area contributed by atoms with E-state index in [0.717, 1.165) is 18.2 Å². The van der Waals surface area contributed by atoms with Gasteiger partial charge in [-0.2, -0.15) is 13.2 Å². The van der Waals surface area contributed by atoms with Gasteiger partial charge in [-0.15, -0.1) is 0 Å². The van der Waals surface area contributed by atoms with Gasteiger partial charge in [-0.05, 0) is 53.6 Å². The van der Waals surface area contributed by atoms with Crippen LogP contribution < -0.4 is 5.32 Å². The van der Waals surface area contributed by atoms with Crippen LogP contribution in [-0.2, 0) is 12.8 Å². The maximum absolute atomic E-state index is 13.8. The van der Waals surface area contributed by atoms with Gasteiger partial charge < -0.3 is 14.8 Å². The Morgan fingerprint density at radius 3 is 2.38 bits per heavy atom. The maximum atomic E-state index is 13.8. The van der Waals surface area contributed by atoms with E-state index in [-0.39, 0.29) is 29.1 Å². The summed E-state index contributed by atoms with van der Waals surface area (Å²) in [7, 11) is 0. The number of aliphatic hydroxyl groups excluding tert-OH is 1. The molecule has 4 rings (SSSR count). The lowest BCUT2D eigenvalue weighted by atomic mass is 10.1. The zero-order valence-electron chi connectivity index (χ0n) is 16.3. The van der Waals surface area contributed by atoms with Crippen LogP contribution in [0.1, 0.15) is 21.5 Å². The molecule has 0 aliphatic heterocycles. The highest BCUT2D eigenvalue weighted by Crippen LogP contribution is 2.39. The van der Waals surface area contributed by atoms with Gasteiger partial charge in [-0.25, -0.2) is 8.78 Å². The fourth-order valence-corrected chi connectivity index (χ4v) is 3.42. The average Bonchev–Trinajstić information content (AvgIpc) is 3.15. The molecule has 2 N–H and O–H groups in total. The molecule has 4 aromatic rings. The number of anilines is 1. The number of nitrogens with one attached hydrogen (secondary N) is 1. The first kappa shape index (κ1) is 21.5. The first-order chi connectivity index (χ1) is 15.2. The number of alkyl halides is 3. The molecular formula is C23H15F5N2O2. The second kappa shape index (κ2) is 8.08. The van der Waals surface area contributed by atoms with Crippen molar-refractivity contribution in [2.45, 2.75) is 12.8 Å². The molecule has 164 valence electrons. The molecule has 0 aliphatic rings. The standard InChI is InChI=1S/C23H15F5N2O2/c24-19-3-1-2-17(20(19)25)22(32)29-15-6-4-14(5-7-15)21-18(23(26,27)28)11-16-10-13(12-31)8-9-30(16)21/h1-11,31H,12H2,(H,29,32). The summed E-state index contributed by atoms with van der Waals surface area (Å²) in [4.78, 5) is 12.2. The Kier molecular flexibility index (Phi) is 5.43. The molecule has 0 aliphatic carbocycles. The molecule has 9 heteroatoms. The molecular weight excluding hydrogens is 431 g/mol. The number of nitrogens with zero attached hydrogens (tertiary/aromatic N) is 1. The Morgan fingerprint density at radius 1 is 1.00 bits per heavy atom. The predicted molar refractivity (Wildman–Crippen MR) is 108 cm³/mol. The summed E-state index contributed by atoms with van der Waals surface area (Å²) in [6.07, 6.45) is -3.18. The minimum absolute atomic E-state index is 0.106. The fraction of sp³-hybridized carbons (Fsp3) is 0.0870. The van der Waals surface area contributed by atoms with Crippen LogP contribution in [0, 0.1) is 11.6 Å². The van der Waals surface area contributed by atoms with Crippen LogP contribution >= 0.6 is 0 Å². The molecule has 0 saturated carbocycles. The first-order valence-corrected chi connectivity index (χ1v) is 9.37. The Balaban J connectivity index is 1.70. The molecule has 2 aromatic heterocycles. The summed E-state index contributed by atoms with van der Waals surface area (Å²) in [5.74, 6) is -3.36. The van der Waals surface area contributed by atoms with Crippen molar-refractivity contribution in [1.29, 1.82) is 0 Å². The lowest BCUT2D eigenvalue weighted by Crippen LogP contribution is -2.14. The van der Waals surface area contributed by atoms with Gasteiger partial charge in [0.05, 0.1) is 23.4 Å². The molecule has 0 atom stereocenters. The highest BCUT2D eigenvalue weighted by molar-refractivity contribution is 6.04. The number of rotatable bonds is 4. The number of pyridine rings is 1. The predicted octanol–water partition coefficient (Wildman–Crippen LogP) is 5.65. The zero-order valence-corrected chi connectivity index (χ0v) is 16.3. The van der Waals surface area contributed by atoms with Crippen molar-refractivity contribution in [3.05, 3.63) is 95.2 Å². The van der Waals surface area contributed by atoms with E-state index in [2.05, 4.69) is 5.32 Å². The Hall–Kier alpha value is -3.72. The number of aliphatic hydroxyl groups is 1. The van der Waals surface area contributed by atoms with Crippen molar-refractivity contribution in [3.8, 4) is 11.3 Å². The van der Waals surface area contributed by atoms with Crippen LogP contribution in [0.4, 0.5) is 27.6 Å². The van der Waals surface area contributed by atoms with Crippen LogP contribution in [0.2, 0.25) is 0 Å². The van der Waals surface area contributed by atoms with Gasteiger partial charge in [0.2, 0.25) is 0 Å². The van der Waals surface area contributed by atoms with Crippen molar-refractivity contribution in [3.63, 3.8) is 0 Å². The third-order valence-electron chi connectivity index (χ3n) is 4.94. The zero-order chi connectivity index (χ0) is 23.0. The number of aromatic nitrogens is 1. The molecule has 0 fully saturated rings. The van der Waals surface area contributed by atoms with Crippen LogP contribution in [0.3, 0.4) is 0 Å². The number of carbonyl (C=O) groups excluding carboxylic acids is 1. The van der Waals surface area contributed by atoms with Crippen molar-refractivity contribution in [1.82, 2.24) is 4.40 Å². The molecule has 0 radical (unpaired) electrons. The molecule has 4 nitrogen and oxygen atoms in total. The summed E-state index contributed by atoms with van der Waals surface area (Å²) in [6, 6.07) is 12.7. The third-order valence-corrected chi connectivity index (χ3v) is 4.94. The van der Waals surface area contributed by atoms with Gasteiger partial charge in [-0.3, -0.25) is 4.79 Å². The number of hydrogen-bond acceptors (Lipinski definition) is 2. The number of fused-ring (bicyclic) bond motifs is 1. The molecule has 2 aromatic carbocycles. The molecule has 1 amide bonds. The van der Waals surface area contributed by atoms with Gasteiger partial charge in [-0.1, -0.05) is 18.2 Å². The highest BCUT2D eigenvalue weighted by Gasteiger charge is 2.36. The summed E-state index contributed by atoms with van der Waals surface area (Å²) in [5, 5.41) is 11.7. The fourth-order valence-electron chi connectivity index (χ4n) is 3.42. The van der Waals surface area contributed by atoms with E-state index in [4.69, 9.17) is 0 Å². The first-order valence-electron chi connectivity index (χ1n) is 9.37. The summed E-state index contributed by atoms with van der Waals surface area (Å²) >= 11 is 0. The number of benzene rings is 2. The quantitative estimate of drug-likeness (QED) is 0.398. The summed E-state index contributed by atoms with van der Waals surface area (Å²) in [5.41, 5.74) is -0.304. The molecule has 32 heavy (non-hydrogen) atoms. The van der Waals surface area contributed by atoms with E-state index >= 15 is 0 Å². The molecule has 0 saturated heterocycles. The molecule has 0 unspecified atom stereocenters. The van der Waals surface area contributed by atoms with Crippen LogP contribution in [0.25, 0.3) is 16.8 Å². The van der Waals surface area contributed by atoms with Crippen molar-refractivity contribution < 1.29 is 31.9 Å². The van der Waals surface area contributed by atoms with Crippen molar-refractivity contribution >= 4 is 17.1 Å². The number of amides is 1. The Morgan fingerprint density at radius 2 is 1.72 bits per heavy atom. The topological polar surface area (TPSA) is 53.7 Å². The smallest absolute Gasteiger partial charge is 0.392 e. The van der Waals surface area contributed by atoms with Gasteiger partial charge in [0, 0.05) is 17.4 Å². The van der Waals surface area contributed by atoms with Crippen LogP contribution in [0.15, 0.2) is 66.9 Å². The number of carbonyl (C=O) groups is 1. The lowest BCUT2D eigenvalue weighted by molar-refractivity contribution is -0.137. The summed E-state index contributed by atoms with van der Waals surface area (Å²) in [6.45, 7) is -0.307. The average molecular weight is 446 g/mol. The number of hydrogen-bond donors (Lipinski definition) is 2. The Labute approximate surface area is 178 Å².